The summed E-state index contributed by atoms with van der Waals surface area (Å²) in [7, 11) is -2.83. The monoisotopic (exact) mass is 372 g/mol. The normalized spacial score (nSPS) is 18.8. The number of allylic oxidation sites excluding steroid dienone is 1. The number of carbonyl (C=O) groups is 1. The van der Waals surface area contributed by atoms with Crippen LogP contribution in [0.1, 0.15) is 78.6 Å². The summed E-state index contributed by atoms with van der Waals surface area (Å²) in [6.45, 7) is 6.60. The van der Waals surface area contributed by atoms with E-state index >= 15 is 0 Å². The number of ether oxygens (including phenoxy) is 1. The highest BCUT2D eigenvalue weighted by Crippen LogP contribution is 2.49. The molecule has 0 saturated heterocycles. The van der Waals surface area contributed by atoms with Gasteiger partial charge in [0, 0.05) is 11.7 Å². The van der Waals surface area contributed by atoms with Crippen molar-refractivity contribution >= 4 is 13.3 Å². The fraction of sp³-hybridized carbons (Fsp3) is 0.850. The van der Waals surface area contributed by atoms with E-state index in [0.717, 1.165) is 38.5 Å². The number of unbranched alkanes of at least 4 members (excludes halogenated alkanes) is 3. The van der Waals surface area contributed by atoms with Gasteiger partial charge in [-0.15, -0.1) is 0 Å². The van der Waals surface area contributed by atoms with Gasteiger partial charge < -0.3 is 9.26 Å². The molecule has 0 amide bonds. The van der Waals surface area contributed by atoms with E-state index in [4.69, 9.17) is 9.26 Å². The van der Waals surface area contributed by atoms with Gasteiger partial charge in [-0.3, -0.25) is 4.57 Å². The lowest BCUT2D eigenvalue weighted by molar-refractivity contribution is -0.138. The van der Waals surface area contributed by atoms with Crippen molar-refractivity contribution in [2.24, 2.45) is 5.92 Å². The van der Waals surface area contributed by atoms with Crippen molar-refractivity contribution in [2.75, 3.05) is 25.5 Å². The first-order valence-corrected chi connectivity index (χ1v) is 12.1. The van der Waals surface area contributed by atoms with Gasteiger partial charge in [0.15, 0.2) is 0 Å². The van der Waals surface area contributed by atoms with Gasteiger partial charge >= 0.3 is 5.97 Å². The molecule has 0 heterocycles. The van der Waals surface area contributed by atoms with E-state index in [9.17, 15) is 9.36 Å². The molecular formula is C20H37O4P. The Morgan fingerprint density at radius 2 is 1.76 bits per heavy atom. The van der Waals surface area contributed by atoms with Crippen LogP contribution in [0, 0.1) is 5.92 Å². The highest BCUT2D eigenvalue weighted by molar-refractivity contribution is 7.59. The predicted molar refractivity (Wildman–Crippen MR) is 104 cm³/mol. The molecule has 1 aliphatic carbocycles. The molecule has 4 nitrogen and oxygen atoms in total. The first kappa shape index (κ1) is 22.4. The SMILES string of the molecule is CCCCCCP(=O)(CC(=CC1CCCCC1)C(=O)OCC)OCC. The molecule has 1 aliphatic rings. The van der Waals surface area contributed by atoms with E-state index < -0.39 is 7.37 Å². The van der Waals surface area contributed by atoms with Crippen LogP contribution in [0.2, 0.25) is 0 Å². The van der Waals surface area contributed by atoms with Crippen molar-refractivity contribution in [1.82, 2.24) is 0 Å². The highest BCUT2D eigenvalue weighted by atomic mass is 31.2. The van der Waals surface area contributed by atoms with E-state index in [2.05, 4.69) is 6.92 Å². The number of hydrogen-bond acceptors (Lipinski definition) is 4. The van der Waals surface area contributed by atoms with E-state index in [1.165, 1.54) is 19.3 Å². The van der Waals surface area contributed by atoms with E-state index in [1.807, 2.05) is 19.9 Å². The maximum Gasteiger partial charge on any atom is 0.334 e. The molecule has 0 aromatic rings. The topological polar surface area (TPSA) is 52.6 Å². The molecular weight excluding hydrogens is 335 g/mol. The minimum absolute atomic E-state index is 0.225. The molecule has 0 aromatic carbocycles. The molecule has 1 atom stereocenters. The fourth-order valence-corrected chi connectivity index (χ4v) is 5.77. The second-order valence-corrected chi connectivity index (χ2v) is 9.64. The molecule has 5 heteroatoms. The van der Waals surface area contributed by atoms with Gasteiger partial charge in [-0.1, -0.05) is 51.5 Å². The Bertz CT molecular complexity index is 453. The van der Waals surface area contributed by atoms with Crippen LogP contribution in [0.3, 0.4) is 0 Å². The third-order valence-electron chi connectivity index (χ3n) is 4.75. The lowest BCUT2D eigenvalue weighted by Crippen LogP contribution is -2.16. The number of hydrogen-bond donors (Lipinski definition) is 0. The van der Waals surface area contributed by atoms with Crippen LogP contribution in [0.4, 0.5) is 0 Å². The Morgan fingerprint density at radius 3 is 2.36 bits per heavy atom. The lowest BCUT2D eigenvalue weighted by atomic mass is 9.88. The zero-order valence-electron chi connectivity index (χ0n) is 16.4. The van der Waals surface area contributed by atoms with Crippen LogP contribution < -0.4 is 0 Å². The lowest BCUT2D eigenvalue weighted by Gasteiger charge is -2.22. The minimum atomic E-state index is -2.83. The molecule has 1 unspecified atom stereocenters. The van der Waals surface area contributed by atoms with E-state index in [0.29, 0.717) is 30.9 Å². The second-order valence-electron chi connectivity index (χ2n) is 6.99. The van der Waals surface area contributed by atoms with Crippen LogP contribution in [-0.4, -0.2) is 31.5 Å². The molecule has 0 radical (unpaired) electrons. The minimum Gasteiger partial charge on any atom is -0.463 e. The number of esters is 1. The van der Waals surface area contributed by atoms with E-state index in [1.54, 1.807) is 0 Å². The average molecular weight is 372 g/mol. The van der Waals surface area contributed by atoms with Crippen molar-refractivity contribution in [1.29, 1.82) is 0 Å². The summed E-state index contributed by atoms with van der Waals surface area (Å²) in [5, 5.41) is 0. The summed E-state index contributed by atoms with van der Waals surface area (Å²) in [5.41, 5.74) is 0.570. The highest BCUT2D eigenvalue weighted by Gasteiger charge is 2.28. The van der Waals surface area contributed by atoms with Gasteiger partial charge in [-0.25, -0.2) is 4.79 Å². The van der Waals surface area contributed by atoms with E-state index in [-0.39, 0.29) is 12.1 Å². The number of rotatable bonds is 12. The predicted octanol–water partition coefficient (Wildman–Crippen LogP) is 5.95. The molecule has 0 N–H and O–H groups in total. The van der Waals surface area contributed by atoms with Gasteiger partial charge in [0.2, 0.25) is 7.37 Å². The van der Waals surface area contributed by atoms with Crippen LogP contribution in [-0.2, 0) is 18.6 Å². The molecule has 0 spiro atoms. The van der Waals surface area contributed by atoms with Crippen molar-refractivity contribution < 1.29 is 18.6 Å². The third-order valence-corrected chi connectivity index (χ3v) is 7.30. The largest absolute Gasteiger partial charge is 0.463 e. The van der Waals surface area contributed by atoms with Crippen LogP contribution in [0.15, 0.2) is 11.6 Å². The van der Waals surface area contributed by atoms with Crippen LogP contribution >= 0.6 is 7.37 Å². The molecule has 1 saturated carbocycles. The molecule has 25 heavy (non-hydrogen) atoms. The maximum absolute atomic E-state index is 13.3. The van der Waals surface area contributed by atoms with Crippen molar-refractivity contribution in [3.8, 4) is 0 Å². The van der Waals surface area contributed by atoms with Crippen LogP contribution in [0.5, 0.6) is 0 Å². The molecule has 0 bridgehead atoms. The maximum atomic E-state index is 13.3. The smallest absolute Gasteiger partial charge is 0.334 e. The molecule has 146 valence electrons. The van der Waals surface area contributed by atoms with Gasteiger partial charge in [0.25, 0.3) is 0 Å². The molecule has 1 fully saturated rings. The van der Waals surface area contributed by atoms with Crippen molar-refractivity contribution in [3.05, 3.63) is 11.6 Å². The Balaban J connectivity index is 2.83. The zero-order chi connectivity index (χ0) is 18.5. The number of carbonyl (C=O) groups excluding carboxylic acids is 1. The van der Waals surface area contributed by atoms with Gasteiger partial charge in [0.1, 0.15) is 0 Å². The fourth-order valence-electron chi connectivity index (χ4n) is 3.46. The summed E-state index contributed by atoms with van der Waals surface area (Å²) in [6, 6.07) is 0. The summed E-state index contributed by atoms with van der Waals surface area (Å²) in [5.74, 6) is 0.0879. The first-order valence-electron chi connectivity index (χ1n) is 10.1. The first-order chi connectivity index (χ1) is 12.0. The molecule has 1 rings (SSSR count). The zero-order valence-corrected chi connectivity index (χ0v) is 17.3. The van der Waals surface area contributed by atoms with Crippen molar-refractivity contribution in [3.63, 3.8) is 0 Å². The van der Waals surface area contributed by atoms with Crippen molar-refractivity contribution in [2.45, 2.75) is 78.6 Å². The summed E-state index contributed by atoms with van der Waals surface area (Å²) in [6.07, 6.45) is 13.0. The van der Waals surface area contributed by atoms with Crippen LogP contribution in [0.25, 0.3) is 0 Å². The quantitative estimate of drug-likeness (QED) is 0.184. The van der Waals surface area contributed by atoms with Gasteiger partial charge in [-0.2, -0.15) is 0 Å². The average Bonchev–Trinajstić information content (AvgIpc) is 2.60. The Hall–Kier alpha value is -0.600. The summed E-state index contributed by atoms with van der Waals surface area (Å²) in [4.78, 5) is 12.4. The second kappa shape index (κ2) is 12.7. The van der Waals surface area contributed by atoms with Gasteiger partial charge in [-0.05, 0) is 39.0 Å². The Morgan fingerprint density at radius 1 is 1.04 bits per heavy atom. The Kier molecular flexibility index (Phi) is 11.4. The summed E-state index contributed by atoms with van der Waals surface area (Å²) < 4.78 is 24.2. The molecule has 0 aliphatic heterocycles. The Labute approximate surface area is 154 Å². The summed E-state index contributed by atoms with van der Waals surface area (Å²) >= 11 is 0. The standard InChI is InChI=1S/C20H37O4P/c1-4-7-8-12-15-25(22,24-6-3)17-19(20(21)23-5-2)16-18-13-10-9-11-14-18/h16,18H,4-15,17H2,1-3H3. The molecule has 0 aromatic heterocycles. The third kappa shape index (κ3) is 9.06. The van der Waals surface area contributed by atoms with Gasteiger partial charge in [0.05, 0.1) is 19.4 Å².